The fourth-order valence-corrected chi connectivity index (χ4v) is 2.91. The van der Waals surface area contributed by atoms with Crippen LogP contribution in [0.5, 0.6) is 0 Å². The number of nitrogens with zero attached hydrogens (tertiary/aromatic N) is 6. The Morgan fingerprint density at radius 2 is 2.22 bits per heavy atom. The molecule has 8 nitrogen and oxygen atoms in total. The van der Waals surface area contributed by atoms with Gasteiger partial charge in [-0.15, -0.1) is 0 Å². The third-order valence-corrected chi connectivity index (χ3v) is 4.36. The molecule has 1 unspecified atom stereocenters. The fraction of sp³-hybridized carbons (Fsp3) is 0.600. The van der Waals surface area contributed by atoms with Gasteiger partial charge >= 0.3 is 0 Å². The number of aryl methyl sites for hydroxylation is 3. The van der Waals surface area contributed by atoms with E-state index in [9.17, 15) is 4.79 Å². The summed E-state index contributed by atoms with van der Waals surface area (Å²) in [5.74, 6) is 0.844. The Labute approximate surface area is 135 Å². The van der Waals surface area contributed by atoms with Crippen LogP contribution in [-0.2, 0) is 20.6 Å². The normalized spacial score (nSPS) is 19.0. The Morgan fingerprint density at radius 3 is 2.87 bits per heavy atom. The minimum Gasteiger partial charge on any atom is -0.347 e. The van der Waals surface area contributed by atoms with E-state index in [0.717, 1.165) is 44.0 Å². The summed E-state index contributed by atoms with van der Waals surface area (Å²) < 4.78 is 3.51. The number of likely N-dealkylation sites (tertiary alicyclic amines) is 1. The van der Waals surface area contributed by atoms with Crippen molar-refractivity contribution < 1.29 is 4.79 Å². The number of hydrogen-bond acceptors (Lipinski definition) is 5. The molecule has 1 amide bonds. The SMILES string of the molecule is Cc1cc(C(=O)NC2CCCN(Cc3ncnn3C)C2)nn1C. The van der Waals surface area contributed by atoms with Crippen molar-refractivity contribution >= 4 is 5.91 Å². The number of piperidine rings is 1. The number of carbonyl (C=O) groups is 1. The van der Waals surface area contributed by atoms with Gasteiger partial charge in [0.25, 0.3) is 5.91 Å². The van der Waals surface area contributed by atoms with Gasteiger partial charge in [-0.2, -0.15) is 10.2 Å². The first kappa shape index (κ1) is 15.7. The lowest BCUT2D eigenvalue weighted by molar-refractivity contribution is 0.0893. The predicted octanol–water partition coefficient (Wildman–Crippen LogP) is 0.251. The molecular weight excluding hydrogens is 294 g/mol. The number of hydrogen-bond donors (Lipinski definition) is 1. The fourth-order valence-electron chi connectivity index (χ4n) is 2.91. The predicted molar refractivity (Wildman–Crippen MR) is 84.7 cm³/mol. The summed E-state index contributed by atoms with van der Waals surface area (Å²) in [7, 11) is 3.74. The van der Waals surface area contributed by atoms with Crippen LogP contribution in [0, 0.1) is 6.92 Å². The highest BCUT2D eigenvalue weighted by Crippen LogP contribution is 2.13. The van der Waals surface area contributed by atoms with Gasteiger partial charge in [0, 0.05) is 32.4 Å². The first-order valence-electron chi connectivity index (χ1n) is 7.89. The average molecular weight is 317 g/mol. The van der Waals surface area contributed by atoms with E-state index in [1.165, 1.54) is 0 Å². The smallest absolute Gasteiger partial charge is 0.272 e. The van der Waals surface area contributed by atoms with Gasteiger partial charge in [0.1, 0.15) is 17.8 Å². The molecule has 3 rings (SSSR count). The lowest BCUT2D eigenvalue weighted by Crippen LogP contribution is -2.47. The average Bonchev–Trinajstić information content (AvgIpc) is 3.06. The number of rotatable bonds is 4. The number of aromatic nitrogens is 5. The van der Waals surface area contributed by atoms with Crippen LogP contribution < -0.4 is 5.32 Å². The Bertz CT molecular complexity index is 670. The molecule has 3 heterocycles. The Balaban J connectivity index is 1.58. The van der Waals surface area contributed by atoms with E-state index < -0.39 is 0 Å². The summed E-state index contributed by atoms with van der Waals surface area (Å²) in [5.41, 5.74) is 1.46. The minimum atomic E-state index is -0.0980. The molecule has 0 bridgehead atoms. The van der Waals surface area contributed by atoms with Crippen molar-refractivity contribution in [3.63, 3.8) is 0 Å². The Hall–Kier alpha value is -2.22. The molecule has 1 N–H and O–H groups in total. The molecule has 0 aromatic carbocycles. The molecule has 23 heavy (non-hydrogen) atoms. The van der Waals surface area contributed by atoms with Crippen molar-refractivity contribution in [3.8, 4) is 0 Å². The molecule has 1 aliphatic rings. The largest absolute Gasteiger partial charge is 0.347 e. The zero-order valence-corrected chi connectivity index (χ0v) is 13.9. The van der Waals surface area contributed by atoms with Crippen molar-refractivity contribution in [1.29, 1.82) is 0 Å². The van der Waals surface area contributed by atoms with Gasteiger partial charge in [-0.3, -0.25) is 19.1 Å². The molecule has 2 aromatic rings. The van der Waals surface area contributed by atoms with Gasteiger partial charge in [0.05, 0.1) is 6.54 Å². The quantitative estimate of drug-likeness (QED) is 0.874. The highest BCUT2D eigenvalue weighted by atomic mass is 16.2. The van der Waals surface area contributed by atoms with E-state index in [1.807, 2.05) is 27.1 Å². The van der Waals surface area contributed by atoms with Crippen LogP contribution in [0.2, 0.25) is 0 Å². The summed E-state index contributed by atoms with van der Waals surface area (Å²) in [6.07, 6.45) is 3.62. The lowest BCUT2D eigenvalue weighted by atomic mass is 10.1. The number of carbonyl (C=O) groups excluding carboxylic acids is 1. The van der Waals surface area contributed by atoms with Crippen molar-refractivity contribution in [2.24, 2.45) is 14.1 Å². The summed E-state index contributed by atoms with van der Waals surface area (Å²) in [6.45, 7) is 4.53. The molecule has 0 radical (unpaired) electrons. The molecule has 124 valence electrons. The lowest BCUT2D eigenvalue weighted by Gasteiger charge is -2.32. The van der Waals surface area contributed by atoms with Crippen LogP contribution >= 0.6 is 0 Å². The maximum Gasteiger partial charge on any atom is 0.272 e. The Kier molecular flexibility index (Phi) is 4.42. The third-order valence-electron chi connectivity index (χ3n) is 4.36. The van der Waals surface area contributed by atoms with E-state index in [-0.39, 0.29) is 11.9 Å². The standard InChI is InChI=1S/C15H23N7O/c1-11-7-13(19-20(11)2)15(23)18-12-5-4-6-22(8-12)9-14-16-10-17-21(14)3/h7,10,12H,4-6,8-9H2,1-3H3,(H,18,23). The van der Waals surface area contributed by atoms with Crippen LogP contribution in [0.1, 0.15) is 34.8 Å². The van der Waals surface area contributed by atoms with Crippen molar-refractivity contribution in [2.45, 2.75) is 32.4 Å². The molecule has 0 saturated carbocycles. The zero-order chi connectivity index (χ0) is 16.4. The molecular formula is C15H23N7O. The second-order valence-corrected chi connectivity index (χ2v) is 6.14. The third kappa shape index (κ3) is 3.58. The van der Waals surface area contributed by atoms with E-state index in [1.54, 1.807) is 15.7 Å². The van der Waals surface area contributed by atoms with E-state index >= 15 is 0 Å². The maximum absolute atomic E-state index is 12.3. The molecule has 0 spiro atoms. The van der Waals surface area contributed by atoms with Crippen molar-refractivity contribution in [2.75, 3.05) is 13.1 Å². The van der Waals surface area contributed by atoms with Crippen LogP contribution in [0.15, 0.2) is 12.4 Å². The van der Waals surface area contributed by atoms with Crippen molar-refractivity contribution in [3.05, 3.63) is 29.6 Å². The summed E-state index contributed by atoms with van der Waals surface area (Å²) in [5, 5.41) is 11.4. The molecule has 2 aromatic heterocycles. The number of amides is 1. The molecule has 1 saturated heterocycles. The Morgan fingerprint density at radius 1 is 1.39 bits per heavy atom. The number of nitrogens with one attached hydrogen (secondary N) is 1. The first-order valence-corrected chi connectivity index (χ1v) is 7.89. The first-order chi connectivity index (χ1) is 11.0. The summed E-state index contributed by atoms with van der Waals surface area (Å²) >= 11 is 0. The van der Waals surface area contributed by atoms with Crippen molar-refractivity contribution in [1.82, 2.24) is 34.8 Å². The van der Waals surface area contributed by atoms with Crippen LogP contribution in [0.3, 0.4) is 0 Å². The van der Waals surface area contributed by atoms with E-state index in [0.29, 0.717) is 5.69 Å². The van der Waals surface area contributed by atoms with Gasteiger partial charge in [-0.25, -0.2) is 4.98 Å². The monoisotopic (exact) mass is 317 g/mol. The van der Waals surface area contributed by atoms with E-state index in [4.69, 9.17) is 0 Å². The van der Waals surface area contributed by atoms with Gasteiger partial charge in [-0.1, -0.05) is 0 Å². The molecule has 1 aliphatic heterocycles. The topological polar surface area (TPSA) is 80.9 Å². The molecule has 0 aliphatic carbocycles. The van der Waals surface area contributed by atoms with Gasteiger partial charge in [0.15, 0.2) is 0 Å². The second-order valence-electron chi connectivity index (χ2n) is 6.14. The summed E-state index contributed by atoms with van der Waals surface area (Å²) in [6, 6.07) is 1.96. The van der Waals surface area contributed by atoms with Crippen LogP contribution in [0.4, 0.5) is 0 Å². The highest BCUT2D eigenvalue weighted by Gasteiger charge is 2.23. The molecule has 1 atom stereocenters. The van der Waals surface area contributed by atoms with Gasteiger partial charge in [0.2, 0.25) is 0 Å². The zero-order valence-electron chi connectivity index (χ0n) is 13.9. The van der Waals surface area contributed by atoms with E-state index in [2.05, 4.69) is 25.4 Å². The maximum atomic E-state index is 12.3. The summed E-state index contributed by atoms with van der Waals surface area (Å²) in [4.78, 5) is 18.9. The van der Waals surface area contributed by atoms with Gasteiger partial charge in [-0.05, 0) is 32.4 Å². The van der Waals surface area contributed by atoms with Crippen LogP contribution in [-0.4, -0.2) is 54.5 Å². The second kappa shape index (κ2) is 6.49. The molecule has 8 heteroatoms. The van der Waals surface area contributed by atoms with Gasteiger partial charge < -0.3 is 5.32 Å². The highest BCUT2D eigenvalue weighted by molar-refractivity contribution is 5.92. The molecule has 1 fully saturated rings. The minimum absolute atomic E-state index is 0.0980. The van der Waals surface area contributed by atoms with Crippen LogP contribution in [0.25, 0.3) is 0 Å².